The molecule has 0 N–H and O–H groups in total. The summed E-state index contributed by atoms with van der Waals surface area (Å²) in [5, 5.41) is 0. The Morgan fingerprint density at radius 3 is 1.40 bits per heavy atom. The summed E-state index contributed by atoms with van der Waals surface area (Å²) in [6, 6.07) is 63.1. The lowest BCUT2D eigenvalue weighted by atomic mass is 9.66. The molecule has 4 aliphatic rings. The number of hydrogen-bond donors (Lipinski definition) is 0. The molecule has 2 nitrogen and oxygen atoms in total. The van der Waals surface area contributed by atoms with Gasteiger partial charge in [-0.15, -0.1) is 0 Å². The third-order valence-electron chi connectivity index (χ3n) is 14.7. The average Bonchev–Trinajstić information content (AvgIpc) is 3.73. The number of fused-ring (bicyclic) bond motifs is 10. The first-order valence-corrected chi connectivity index (χ1v) is 22.3. The van der Waals surface area contributed by atoms with Crippen molar-refractivity contribution in [3.8, 4) is 78.4 Å². The molecule has 60 heavy (non-hydrogen) atoms. The van der Waals surface area contributed by atoms with Crippen LogP contribution in [0.25, 0.3) is 78.4 Å². The van der Waals surface area contributed by atoms with Crippen LogP contribution in [0.3, 0.4) is 0 Å². The number of hydrogen-bond acceptors (Lipinski definition) is 2. The third-order valence-corrected chi connectivity index (χ3v) is 14.7. The minimum atomic E-state index is 0.0906. The van der Waals surface area contributed by atoms with Crippen molar-refractivity contribution in [3.05, 3.63) is 192 Å². The van der Waals surface area contributed by atoms with Gasteiger partial charge in [0.15, 0.2) is 5.82 Å². The van der Waals surface area contributed by atoms with Crippen molar-refractivity contribution < 1.29 is 0 Å². The molecule has 2 saturated carbocycles. The topological polar surface area (TPSA) is 25.8 Å². The van der Waals surface area contributed by atoms with Crippen molar-refractivity contribution in [2.45, 2.75) is 75.0 Å². The summed E-state index contributed by atoms with van der Waals surface area (Å²) in [6.45, 7) is 0. The minimum absolute atomic E-state index is 0.0906. The molecule has 4 aliphatic carbocycles. The second-order valence-electron chi connectivity index (χ2n) is 17.9. The Morgan fingerprint density at radius 1 is 0.283 bits per heavy atom. The fourth-order valence-electron chi connectivity index (χ4n) is 11.8. The van der Waals surface area contributed by atoms with Crippen LogP contribution >= 0.6 is 0 Å². The van der Waals surface area contributed by atoms with E-state index in [1.807, 2.05) is 24.3 Å². The van der Waals surface area contributed by atoms with Crippen LogP contribution < -0.4 is 0 Å². The zero-order valence-electron chi connectivity index (χ0n) is 34.1. The summed E-state index contributed by atoms with van der Waals surface area (Å²) in [7, 11) is 0. The highest BCUT2D eigenvalue weighted by Crippen LogP contribution is 2.62. The van der Waals surface area contributed by atoms with E-state index in [2.05, 4.69) is 146 Å². The van der Waals surface area contributed by atoms with Crippen LogP contribution in [0, 0.1) is 0 Å². The molecule has 0 amide bonds. The zero-order valence-corrected chi connectivity index (χ0v) is 34.1. The summed E-state index contributed by atoms with van der Waals surface area (Å²) in [4.78, 5) is 10.1. The molecule has 2 spiro atoms. The van der Waals surface area contributed by atoms with Crippen molar-refractivity contribution in [2.24, 2.45) is 0 Å². The van der Waals surface area contributed by atoms with E-state index in [1.165, 1.54) is 109 Å². The van der Waals surface area contributed by atoms with E-state index in [1.54, 1.807) is 22.3 Å². The maximum absolute atomic E-state index is 5.11. The van der Waals surface area contributed by atoms with Gasteiger partial charge in [0.05, 0.1) is 11.4 Å². The second kappa shape index (κ2) is 14.1. The van der Waals surface area contributed by atoms with Crippen LogP contribution in [0.4, 0.5) is 0 Å². The van der Waals surface area contributed by atoms with Crippen LogP contribution in [0.5, 0.6) is 0 Å². The molecular weight excluding hydrogens is 725 g/mol. The van der Waals surface area contributed by atoms with E-state index in [-0.39, 0.29) is 10.8 Å². The molecule has 0 aliphatic heterocycles. The lowest BCUT2D eigenvalue weighted by molar-refractivity contribution is 0.350. The molecule has 1 heterocycles. The normalized spacial score (nSPS) is 16.6. The standard InChI is InChI=1S/C58H48N2/c1-5-16-41(17-6-1)54-38-55(60-56(59-54)42-18-7-2-8-19-42)45-21-15-20-43(34-45)39-24-26-40(27-25-39)44-28-29-47-49-37-52-48(36-53(49)58(51(47)35-44)32-13-4-14-33-58)46-22-9-10-23-50(46)57(52)30-11-3-12-31-57/h1-2,5-10,15-29,34-38H,3-4,11-14,30-33H2. The smallest absolute Gasteiger partial charge is 0.160 e. The molecule has 2 heteroatoms. The summed E-state index contributed by atoms with van der Waals surface area (Å²) >= 11 is 0. The summed E-state index contributed by atoms with van der Waals surface area (Å²) in [6.07, 6.45) is 13.0. The Labute approximate surface area is 354 Å². The molecule has 0 radical (unpaired) electrons. The highest BCUT2D eigenvalue weighted by atomic mass is 14.9. The fraction of sp³-hybridized carbons (Fsp3) is 0.207. The van der Waals surface area contributed by atoms with Crippen LogP contribution in [0.15, 0.2) is 170 Å². The Kier molecular flexibility index (Phi) is 8.37. The van der Waals surface area contributed by atoms with Gasteiger partial charge in [-0.3, -0.25) is 0 Å². The first kappa shape index (κ1) is 35.6. The molecule has 12 rings (SSSR count). The van der Waals surface area contributed by atoms with Gasteiger partial charge in [-0.2, -0.15) is 0 Å². The first-order valence-electron chi connectivity index (χ1n) is 22.3. The lowest BCUT2D eigenvalue weighted by Gasteiger charge is -2.37. The van der Waals surface area contributed by atoms with Gasteiger partial charge < -0.3 is 0 Å². The molecule has 290 valence electrons. The molecule has 1 aromatic heterocycles. The van der Waals surface area contributed by atoms with Crippen molar-refractivity contribution in [2.75, 3.05) is 0 Å². The van der Waals surface area contributed by atoms with Crippen molar-refractivity contribution in [1.82, 2.24) is 9.97 Å². The van der Waals surface area contributed by atoms with Crippen LogP contribution in [-0.4, -0.2) is 9.97 Å². The third kappa shape index (κ3) is 5.60. The number of benzene rings is 7. The maximum atomic E-state index is 5.11. The van der Waals surface area contributed by atoms with Crippen LogP contribution in [0.1, 0.15) is 86.5 Å². The molecule has 7 aromatic carbocycles. The Balaban J connectivity index is 0.899. The predicted octanol–water partition coefficient (Wildman–Crippen LogP) is 15.3. The highest BCUT2D eigenvalue weighted by molar-refractivity contribution is 5.91. The predicted molar refractivity (Wildman–Crippen MR) is 248 cm³/mol. The Bertz CT molecular complexity index is 2850. The quantitative estimate of drug-likeness (QED) is 0.174. The number of aromatic nitrogens is 2. The zero-order chi connectivity index (χ0) is 39.7. The molecule has 0 unspecified atom stereocenters. The number of rotatable bonds is 5. The van der Waals surface area contributed by atoms with Gasteiger partial charge in [-0.05, 0) is 123 Å². The molecule has 0 saturated heterocycles. The lowest BCUT2D eigenvalue weighted by Crippen LogP contribution is -2.29. The number of nitrogens with zero attached hydrogens (tertiary/aromatic N) is 2. The minimum Gasteiger partial charge on any atom is -0.228 e. The molecular formula is C58H48N2. The van der Waals surface area contributed by atoms with Gasteiger partial charge in [0.25, 0.3) is 0 Å². The van der Waals surface area contributed by atoms with E-state index in [4.69, 9.17) is 9.97 Å². The van der Waals surface area contributed by atoms with Crippen LogP contribution in [0.2, 0.25) is 0 Å². The summed E-state index contributed by atoms with van der Waals surface area (Å²) < 4.78 is 0. The Morgan fingerprint density at radius 2 is 0.750 bits per heavy atom. The van der Waals surface area contributed by atoms with E-state index < -0.39 is 0 Å². The highest BCUT2D eigenvalue weighted by Gasteiger charge is 2.49. The summed E-state index contributed by atoms with van der Waals surface area (Å²) in [5.74, 6) is 0.733. The maximum Gasteiger partial charge on any atom is 0.160 e. The second-order valence-corrected chi connectivity index (χ2v) is 17.9. The van der Waals surface area contributed by atoms with E-state index >= 15 is 0 Å². The Hall–Kier alpha value is -6.38. The van der Waals surface area contributed by atoms with E-state index in [0.29, 0.717) is 0 Å². The SMILES string of the molecule is c1ccc(-c2cc(-c3cccc(-c4ccc(-c5ccc6c(c5)C5(CCCCC5)c5cc7c(cc5-6)C5(CCCCC5)c5ccccc5-7)cc4)c3)nc(-c3ccccc3)n2)cc1. The molecule has 2 fully saturated rings. The van der Waals surface area contributed by atoms with Crippen LogP contribution in [-0.2, 0) is 10.8 Å². The van der Waals surface area contributed by atoms with Gasteiger partial charge in [0.2, 0.25) is 0 Å². The van der Waals surface area contributed by atoms with Gasteiger partial charge in [-0.1, -0.05) is 178 Å². The molecule has 8 aromatic rings. The fourth-order valence-corrected chi connectivity index (χ4v) is 11.8. The molecule has 0 atom stereocenters. The van der Waals surface area contributed by atoms with Gasteiger partial charge in [-0.25, -0.2) is 9.97 Å². The molecule has 0 bridgehead atoms. The van der Waals surface area contributed by atoms with E-state index in [0.717, 1.165) is 33.9 Å². The van der Waals surface area contributed by atoms with Gasteiger partial charge in [0, 0.05) is 27.5 Å². The monoisotopic (exact) mass is 772 g/mol. The van der Waals surface area contributed by atoms with Crippen molar-refractivity contribution in [3.63, 3.8) is 0 Å². The van der Waals surface area contributed by atoms with Crippen molar-refractivity contribution >= 4 is 0 Å². The van der Waals surface area contributed by atoms with Crippen molar-refractivity contribution in [1.29, 1.82) is 0 Å². The van der Waals surface area contributed by atoms with E-state index in [9.17, 15) is 0 Å². The largest absolute Gasteiger partial charge is 0.228 e. The van der Waals surface area contributed by atoms with Gasteiger partial charge in [0.1, 0.15) is 0 Å². The van der Waals surface area contributed by atoms with Gasteiger partial charge >= 0.3 is 0 Å². The average molecular weight is 773 g/mol. The summed E-state index contributed by atoms with van der Waals surface area (Å²) in [5.41, 5.74) is 22.6. The first-order chi connectivity index (χ1) is 29.7.